The Morgan fingerprint density at radius 3 is 2.75 bits per heavy atom. The average Bonchev–Trinajstić information content (AvgIpc) is 3.15. The molecule has 2 bridgehead atoms. The number of hydrogen-bond acceptors (Lipinski definition) is 4. The van der Waals surface area contributed by atoms with E-state index in [0.29, 0.717) is 29.3 Å². The van der Waals surface area contributed by atoms with E-state index in [-0.39, 0.29) is 0 Å². The van der Waals surface area contributed by atoms with E-state index in [9.17, 15) is 9.90 Å². The molecule has 2 aromatic carbocycles. The first-order valence-electron chi connectivity index (χ1n) is 8.62. The summed E-state index contributed by atoms with van der Waals surface area (Å²) in [5, 5.41) is 12.5. The van der Waals surface area contributed by atoms with Gasteiger partial charge in [-0.1, -0.05) is 26.0 Å². The predicted octanol–water partition coefficient (Wildman–Crippen LogP) is 4.86. The van der Waals surface area contributed by atoms with Gasteiger partial charge in [0.15, 0.2) is 0 Å². The van der Waals surface area contributed by atoms with Crippen LogP contribution in [0.3, 0.4) is 0 Å². The maximum absolute atomic E-state index is 11.8. The van der Waals surface area contributed by atoms with Crippen molar-refractivity contribution in [2.75, 3.05) is 7.11 Å². The Labute approximate surface area is 141 Å². The molecule has 0 amide bonds. The van der Waals surface area contributed by atoms with Gasteiger partial charge in [-0.25, -0.2) is 4.79 Å². The Morgan fingerprint density at radius 2 is 2.04 bits per heavy atom. The third-order valence-corrected chi connectivity index (χ3v) is 5.79. The fourth-order valence-electron chi connectivity index (χ4n) is 4.65. The number of aromatic hydroxyl groups is 1. The SMILES string of the molecule is CCc1ccc2c(O)c3c(c(OC(=O)OC)c2c1)C1CC(C)C3C1. The van der Waals surface area contributed by atoms with Crippen LogP contribution in [-0.2, 0) is 11.2 Å². The molecule has 2 aromatic rings. The lowest BCUT2D eigenvalue weighted by molar-refractivity contribution is 0.121. The predicted molar refractivity (Wildman–Crippen MR) is 91.9 cm³/mol. The first kappa shape index (κ1) is 15.3. The molecule has 0 aliphatic heterocycles. The van der Waals surface area contributed by atoms with Gasteiger partial charge < -0.3 is 14.6 Å². The first-order valence-corrected chi connectivity index (χ1v) is 8.62. The van der Waals surface area contributed by atoms with Crippen molar-refractivity contribution in [2.45, 2.75) is 44.9 Å². The van der Waals surface area contributed by atoms with Gasteiger partial charge in [0, 0.05) is 21.9 Å². The van der Waals surface area contributed by atoms with E-state index < -0.39 is 6.16 Å². The number of aryl methyl sites for hydroxylation is 1. The zero-order valence-corrected chi connectivity index (χ0v) is 14.3. The maximum atomic E-state index is 11.8. The highest BCUT2D eigenvalue weighted by molar-refractivity contribution is 5.98. The van der Waals surface area contributed by atoms with Gasteiger partial charge in [0.1, 0.15) is 11.5 Å². The van der Waals surface area contributed by atoms with E-state index in [1.165, 1.54) is 7.11 Å². The molecule has 0 spiro atoms. The molecule has 1 fully saturated rings. The summed E-state index contributed by atoms with van der Waals surface area (Å²) < 4.78 is 10.3. The molecule has 4 nitrogen and oxygen atoms in total. The van der Waals surface area contributed by atoms with Crippen LogP contribution in [0.5, 0.6) is 11.5 Å². The van der Waals surface area contributed by atoms with Crippen LogP contribution in [0.4, 0.5) is 4.79 Å². The first-order chi connectivity index (χ1) is 11.5. The van der Waals surface area contributed by atoms with Gasteiger partial charge in [-0.15, -0.1) is 0 Å². The largest absolute Gasteiger partial charge is 0.513 e. The molecule has 3 unspecified atom stereocenters. The van der Waals surface area contributed by atoms with Crippen LogP contribution < -0.4 is 4.74 Å². The molecule has 126 valence electrons. The number of ether oxygens (including phenoxy) is 2. The molecule has 4 heteroatoms. The van der Waals surface area contributed by atoms with Crippen molar-refractivity contribution >= 4 is 16.9 Å². The second-order valence-electron chi connectivity index (χ2n) is 7.05. The molecule has 0 saturated heterocycles. The Bertz CT molecular complexity index is 839. The lowest BCUT2D eigenvalue weighted by Crippen LogP contribution is -2.13. The molecule has 3 atom stereocenters. The zero-order chi connectivity index (χ0) is 17.0. The van der Waals surface area contributed by atoms with Crippen LogP contribution in [0.25, 0.3) is 10.8 Å². The highest BCUT2D eigenvalue weighted by Gasteiger charge is 2.46. The average molecular weight is 326 g/mol. The minimum absolute atomic E-state index is 0.347. The summed E-state index contributed by atoms with van der Waals surface area (Å²) in [7, 11) is 1.32. The normalized spacial score (nSPS) is 24.2. The minimum atomic E-state index is -0.707. The Hall–Kier alpha value is -2.23. The summed E-state index contributed by atoms with van der Waals surface area (Å²) in [6.45, 7) is 4.32. The van der Waals surface area contributed by atoms with Gasteiger partial charge in [-0.2, -0.15) is 0 Å². The summed E-state index contributed by atoms with van der Waals surface area (Å²) >= 11 is 0. The second-order valence-corrected chi connectivity index (χ2v) is 7.05. The van der Waals surface area contributed by atoms with E-state index in [4.69, 9.17) is 9.47 Å². The standard InChI is InChI=1S/C20H22O4/c1-4-11-5-6-13-15(8-11)19(24-20(22)23-3)16-12-7-10(2)14(9-12)17(16)18(13)21/h5-6,8,10,12,14,21H,4,7,9H2,1-3H3. The number of benzene rings is 2. The number of phenols is 1. The van der Waals surface area contributed by atoms with Crippen molar-refractivity contribution in [2.24, 2.45) is 5.92 Å². The van der Waals surface area contributed by atoms with E-state index in [0.717, 1.165) is 46.7 Å². The van der Waals surface area contributed by atoms with Crippen LogP contribution in [0, 0.1) is 5.92 Å². The molecular formula is C20H22O4. The third-order valence-electron chi connectivity index (χ3n) is 5.79. The molecular weight excluding hydrogens is 304 g/mol. The number of hydrogen-bond donors (Lipinski definition) is 1. The van der Waals surface area contributed by atoms with Gasteiger partial charge in [-0.05, 0) is 48.6 Å². The summed E-state index contributed by atoms with van der Waals surface area (Å²) in [5.74, 6) is 2.19. The zero-order valence-electron chi connectivity index (χ0n) is 14.3. The summed E-state index contributed by atoms with van der Waals surface area (Å²) in [5.41, 5.74) is 3.14. The summed E-state index contributed by atoms with van der Waals surface area (Å²) in [6, 6.07) is 5.97. The van der Waals surface area contributed by atoms with Crippen LogP contribution in [0.2, 0.25) is 0 Å². The number of methoxy groups -OCH3 is 1. The summed E-state index contributed by atoms with van der Waals surface area (Å²) in [6.07, 6.45) is 2.28. The monoisotopic (exact) mass is 326 g/mol. The highest BCUT2D eigenvalue weighted by atomic mass is 16.7. The molecule has 2 aliphatic rings. The minimum Gasteiger partial charge on any atom is -0.507 e. The molecule has 0 radical (unpaired) electrons. The number of fused-ring (bicyclic) bond motifs is 6. The van der Waals surface area contributed by atoms with Gasteiger partial charge in [0.05, 0.1) is 7.11 Å². The topological polar surface area (TPSA) is 55.8 Å². The summed E-state index contributed by atoms with van der Waals surface area (Å²) in [4.78, 5) is 11.8. The Balaban J connectivity index is 2.03. The number of phenolic OH excluding ortho intramolecular Hbond substituents is 1. The van der Waals surface area contributed by atoms with Crippen LogP contribution in [0.15, 0.2) is 18.2 Å². The van der Waals surface area contributed by atoms with Crippen LogP contribution in [-0.4, -0.2) is 18.4 Å². The lowest BCUT2D eigenvalue weighted by atomic mass is 9.81. The van der Waals surface area contributed by atoms with E-state index in [1.54, 1.807) is 0 Å². The van der Waals surface area contributed by atoms with Gasteiger partial charge >= 0.3 is 6.16 Å². The van der Waals surface area contributed by atoms with Gasteiger partial charge in [-0.3, -0.25) is 0 Å². The Kier molecular flexibility index (Phi) is 3.44. The van der Waals surface area contributed by atoms with Crippen molar-refractivity contribution < 1.29 is 19.4 Å². The lowest BCUT2D eigenvalue weighted by Gasteiger charge is -2.25. The molecule has 1 saturated carbocycles. The van der Waals surface area contributed by atoms with E-state index in [1.807, 2.05) is 18.2 Å². The molecule has 24 heavy (non-hydrogen) atoms. The third kappa shape index (κ3) is 2.02. The quantitative estimate of drug-likeness (QED) is 0.632. The van der Waals surface area contributed by atoms with Crippen LogP contribution >= 0.6 is 0 Å². The number of carbonyl (C=O) groups is 1. The van der Waals surface area contributed by atoms with Crippen molar-refractivity contribution in [1.82, 2.24) is 0 Å². The molecule has 1 N–H and O–H groups in total. The smallest absolute Gasteiger partial charge is 0.507 e. The van der Waals surface area contributed by atoms with Crippen molar-refractivity contribution in [3.8, 4) is 11.5 Å². The van der Waals surface area contributed by atoms with Crippen LogP contribution in [0.1, 0.15) is 55.2 Å². The van der Waals surface area contributed by atoms with Crippen molar-refractivity contribution in [3.05, 3.63) is 34.9 Å². The number of rotatable bonds is 2. The molecule has 2 aliphatic carbocycles. The molecule has 0 heterocycles. The molecule has 0 aromatic heterocycles. The maximum Gasteiger partial charge on any atom is 0.513 e. The van der Waals surface area contributed by atoms with Gasteiger partial charge in [0.2, 0.25) is 0 Å². The van der Waals surface area contributed by atoms with E-state index >= 15 is 0 Å². The second kappa shape index (κ2) is 5.40. The van der Waals surface area contributed by atoms with E-state index in [2.05, 4.69) is 13.8 Å². The van der Waals surface area contributed by atoms with Crippen molar-refractivity contribution in [1.29, 1.82) is 0 Å². The van der Waals surface area contributed by atoms with Gasteiger partial charge in [0.25, 0.3) is 0 Å². The fourth-order valence-corrected chi connectivity index (χ4v) is 4.65. The molecule has 4 rings (SSSR count). The highest BCUT2D eigenvalue weighted by Crippen LogP contribution is 2.62. The van der Waals surface area contributed by atoms with Crippen molar-refractivity contribution in [3.63, 3.8) is 0 Å². The Morgan fingerprint density at radius 1 is 1.25 bits per heavy atom. The fraction of sp³-hybridized carbons (Fsp3) is 0.450. The number of carbonyl (C=O) groups excluding carboxylic acids is 1.